The first kappa shape index (κ1) is 40.3. The van der Waals surface area contributed by atoms with Crippen molar-refractivity contribution in [2.45, 2.75) is 90.1 Å². The van der Waals surface area contributed by atoms with Gasteiger partial charge in [0.15, 0.2) is 0 Å². The molecule has 0 aromatic rings. The molecule has 0 rings (SSSR count). The van der Waals surface area contributed by atoms with E-state index in [9.17, 15) is 39.0 Å². The van der Waals surface area contributed by atoms with Crippen molar-refractivity contribution in [1.29, 1.82) is 0 Å². The molecule has 4 N–H and O–H groups in total. The minimum atomic E-state index is -1.46. The summed E-state index contributed by atoms with van der Waals surface area (Å²) in [7, 11) is 0. The first-order valence-electron chi connectivity index (χ1n) is 10.3. The normalized spacial score (nSPS) is 11.2. The van der Waals surface area contributed by atoms with Crippen LogP contribution in [0.4, 0.5) is 0 Å². The van der Waals surface area contributed by atoms with E-state index >= 15 is 0 Å². The summed E-state index contributed by atoms with van der Waals surface area (Å²) >= 11 is 0. The quantitative estimate of drug-likeness (QED) is 0.0971. The second kappa shape index (κ2) is 25.2. The topological polar surface area (TPSA) is 219 Å². The summed E-state index contributed by atoms with van der Waals surface area (Å²) in [5.41, 5.74) is 10.3. The van der Waals surface area contributed by atoms with Crippen molar-refractivity contribution in [3.8, 4) is 0 Å². The molecule has 0 aromatic carbocycles. The number of carboxylic acid groups (broad SMARTS) is 2. The van der Waals surface area contributed by atoms with Crippen LogP contribution in [0.2, 0.25) is 0 Å². The summed E-state index contributed by atoms with van der Waals surface area (Å²) < 4.78 is 8.73. The fourth-order valence-electron chi connectivity index (χ4n) is 2.04. The Morgan fingerprint density at radius 3 is 1.18 bits per heavy atom. The molecule has 184 valence electrons. The van der Waals surface area contributed by atoms with Crippen LogP contribution in [-0.4, -0.2) is 47.9 Å². The first-order chi connectivity index (χ1) is 14.9. The van der Waals surface area contributed by atoms with Gasteiger partial charge in [-0.3, -0.25) is 9.59 Å². The second-order valence-electron chi connectivity index (χ2n) is 6.87. The number of carboxylic acids is 2. The molecule has 0 saturated heterocycles. The van der Waals surface area contributed by atoms with Crippen molar-refractivity contribution >= 4 is 35.8 Å². The van der Waals surface area contributed by atoms with E-state index < -0.39 is 60.7 Å². The van der Waals surface area contributed by atoms with E-state index in [-0.39, 0.29) is 72.0 Å². The van der Waals surface area contributed by atoms with E-state index in [1.807, 2.05) is 13.8 Å². The molecule has 0 bridgehead atoms. The zero-order valence-electron chi connectivity index (χ0n) is 20.5. The van der Waals surface area contributed by atoms with Crippen molar-refractivity contribution < 1.29 is 108 Å². The number of unbranched alkanes of at least 4 members (excludes halogenated alkanes) is 4. The van der Waals surface area contributed by atoms with Crippen molar-refractivity contribution in [3.63, 3.8) is 0 Å². The van der Waals surface area contributed by atoms with Gasteiger partial charge in [0.2, 0.25) is 0 Å². The molecule has 0 radical (unpaired) electrons. The molecule has 0 unspecified atom stereocenters. The summed E-state index contributed by atoms with van der Waals surface area (Å²) in [4.78, 5) is 64.5. The maximum atomic E-state index is 11.1. The fourth-order valence-corrected chi connectivity index (χ4v) is 2.04. The van der Waals surface area contributed by atoms with Gasteiger partial charge >= 0.3 is 83.0 Å². The van der Waals surface area contributed by atoms with Crippen molar-refractivity contribution in [2.24, 2.45) is 11.5 Å². The number of hydrogen-bond acceptors (Lipinski definition) is 12. The predicted octanol–water partition coefficient (Wildman–Crippen LogP) is -7.78. The Morgan fingerprint density at radius 1 is 0.647 bits per heavy atom. The van der Waals surface area contributed by atoms with E-state index in [0.717, 1.165) is 25.7 Å². The van der Waals surface area contributed by atoms with Gasteiger partial charge in [0.05, 0.1) is 0 Å². The van der Waals surface area contributed by atoms with Gasteiger partial charge in [-0.05, 0) is 12.8 Å². The molecular weight excluding hydrogens is 474 g/mol. The number of hydrogen-bond donors (Lipinski definition) is 2. The Balaban J connectivity index is -0.000000250. The van der Waals surface area contributed by atoms with Gasteiger partial charge in [0.1, 0.15) is 12.1 Å². The number of esters is 4. The molecule has 0 saturated carbocycles. The zero-order chi connectivity index (χ0) is 25.1. The monoisotopic (exact) mass is 506 g/mol. The van der Waals surface area contributed by atoms with E-state index in [1.54, 1.807) is 0 Å². The van der Waals surface area contributed by atoms with E-state index in [1.165, 1.54) is 0 Å². The average Bonchev–Trinajstić information content (AvgIpc) is 2.67. The van der Waals surface area contributed by atoms with Gasteiger partial charge in [0.25, 0.3) is 0 Å². The van der Waals surface area contributed by atoms with Crippen LogP contribution in [0.5, 0.6) is 0 Å². The summed E-state index contributed by atoms with van der Waals surface area (Å²) in [6.45, 7) is 3.96. The van der Waals surface area contributed by atoms with E-state index in [0.29, 0.717) is 12.8 Å². The van der Waals surface area contributed by atoms with Crippen molar-refractivity contribution in [2.75, 3.05) is 0 Å². The third-order valence-electron chi connectivity index (χ3n) is 3.78. The molecule has 0 aromatic heterocycles. The number of rotatable bonds is 14. The SMILES string of the molecule is CCCCCC(=O)OC(=O)[C@@H](N)CC(=O)[O-].CCCCCC(=O)OC(=O)[C@@H](N)CC(=O)[O-].[Na+].[Na+]. The van der Waals surface area contributed by atoms with Crippen LogP contribution in [0.3, 0.4) is 0 Å². The molecule has 2 atom stereocenters. The largest absolute Gasteiger partial charge is 1.00 e. The predicted molar refractivity (Wildman–Crippen MR) is 106 cm³/mol. The van der Waals surface area contributed by atoms with Gasteiger partial charge in [-0.2, -0.15) is 0 Å². The Hall–Kier alpha value is -0.860. The molecule has 14 heteroatoms. The fraction of sp³-hybridized carbons (Fsp3) is 0.700. The Labute approximate surface area is 243 Å². The van der Waals surface area contributed by atoms with Crippen LogP contribution in [0.25, 0.3) is 0 Å². The molecule has 0 aliphatic heterocycles. The molecule has 34 heavy (non-hydrogen) atoms. The van der Waals surface area contributed by atoms with Gasteiger partial charge in [-0.1, -0.05) is 39.5 Å². The maximum Gasteiger partial charge on any atom is 1.00 e. The number of nitrogens with two attached hydrogens (primary N) is 2. The minimum absolute atomic E-state index is 0. The molecule has 0 spiro atoms. The molecule has 12 nitrogen and oxygen atoms in total. The zero-order valence-corrected chi connectivity index (χ0v) is 24.5. The van der Waals surface area contributed by atoms with Gasteiger partial charge in [0, 0.05) is 37.6 Å². The molecule has 0 fully saturated rings. The smallest absolute Gasteiger partial charge is 0.550 e. The van der Waals surface area contributed by atoms with Crippen molar-refractivity contribution in [1.82, 2.24) is 0 Å². The second-order valence-corrected chi connectivity index (χ2v) is 6.87. The summed E-state index contributed by atoms with van der Waals surface area (Å²) in [5, 5.41) is 20.3. The van der Waals surface area contributed by atoms with Gasteiger partial charge in [-0.15, -0.1) is 0 Å². The number of ether oxygens (including phenoxy) is 2. The van der Waals surface area contributed by atoms with Crippen molar-refractivity contribution in [3.05, 3.63) is 0 Å². The first-order valence-corrected chi connectivity index (χ1v) is 10.3. The average molecular weight is 506 g/mol. The third-order valence-corrected chi connectivity index (χ3v) is 3.78. The van der Waals surface area contributed by atoms with Gasteiger partial charge < -0.3 is 40.7 Å². The molecule has 0 aliphatic rings. The minimum Gasteiger partial charge on any atom is -0.550 e. The Kier molecular flexibility index (Phi) is 29.9. The summed E-state index contributed by atoms with van der Waals surface area (Å²) in [6.07, 6.45) is 3.88. The van der Waals surface area contributed by atoms with Crippen LogP contribution in [0.15, 0.2) is 0 Å². The standard InChI is InChI=1S/2C10H17NO5.2Na/c2*1-2-3-4-5-9(14)16-10(15)7(11)6-8(12)13;;/h2*7H,2-6,11H2,1H3,(H,12,13);;/q;;2*+1/p-2/t2*7-;;/m00../s1. The number of aliphatic carboxylic acids is 2. The van der Waals surface area contributed by atoms with Crippen LogP contribution in [0, 0.1) is 0 Å². The van der Waals surface area contributed by atoms with Crippen LogP contribution in [-0.2, 0) is 38.2 Å². The van der Waals surface area contributed by atoms with Crippen LogP contribution in [0.1, 0.15) is 78.1 Å². The molecule has 0 heterocycles. The number of carbonyl (C=O) groups excluding carboxylic acids is 6. The Morgan fingerprint density at radius 2 is 0.941 bits per heavy atom. The van der Waals surface area contributed by atoms with Crippen LogP contribution < -0.4 is 80.8 Å². The molecular formula is C20H32N2Na2O10. The van der Waals surface area contributed by atoms with E-state index in [2.05, 4.69) is 9.47 Å². The molecule has 0 aliphatic carbocycles. The van der Waals surface area contributed by atoms with Crippen LogP contribution >= 0.6 is 0 Å². The maximum absolute atomic E-state index is 11.1. The third kappa shape index (κ3) is 25.8. The van der Waals surface area contributed by atoms with Gasteiger partial charge in [-0.25, -0.2) is 9.59 Å². The Bertz CT molecular complexity index is 593. The number of carbonyl (C=O) groups is 6. The summed E-state index contributed by atoms with van der Waals surface area (Å²) in [6, 6.07) is -2.69. The summed E-state index contributed by atoms with van der Waals surface area (Å²) in [5.74, 6) is -6.30. The van der Waals surface area contributed by atoms with E-state index in [4.69, 9.17) is 11.5 Å². The molecule has 0 amide bonds.